The number of benzene rings is 10. The predicted molar refractivity (Wildman–Crippen MR) is 419 cm³/mol. The first kappa shape index (κ1) is 74.6. The molecule has 10 aromatic rings. The predicted octanol–water partition coefficient (Wildman–Crippen LogP) is 23.0. The zero-order chi connectivity index (χ0) is 70.7. The van der Waals surface area contributed by atoms with E-state index in [1.807, 2.05) is 122 Å². The van der Waals surface area contributed by atoms with Crippen LogP contribution in [0.3, 0.4) is 0 Å². The Labute approximate surface area is 595 Å². The van der Waals surface area contributed by atoms with Crippen molar-refractivity contribution >= 4 is 82.1 Å². The molecule has 0 atom stereocenters. The molecule has 0 aliphatic heterocycles. The number of nitrogens with zero attached hydrogens (tertiary/aromatic N) is 3. The summed E-state index contributed by atoms with van der Waals surface area (Å²) in [6.07, 6.45) is 1.82. The number of para-hydroxylation sites is 3. The first-order chi connectivity index (χ1) is 45.6. The van der Waals surface area contributed by atoms with Gasteiger partial charge in [-0.15, -0.1) is 0 Å². The van der Waals surface area contributed by atoms with E-state index in [-0.39, 0.29) is 47.4 Å². The van der Waals surface area contributed by atoms with Crippen molar-refractivity contribution in [3.8, 4) is 17.2 Å². The normalized spacial score (nSPS) is 12.6. The summed E-state index contributed by atoms with van der Waals surface area (Å²) in [5, 5.41) is 33.8. The molecule has 0 aliphatic carbocycles. The van der Waals surface area contributed by atoms with Gasteiger partial charge in [-0.1, -0.05) is 210 Å². The second kappa shape index (κ2) is 31.6. The van der Waals surface area contributed by atoms with E-state index in [2.05, 4.69) is 246 Å². The van der Waals surface area contributed by atoms with Gasteiger partial charge in [0, 0.05) is 53.1 Å². The van der Waals surface area contributed by atoms with Gasteiger partial charge in [0.05, 0.1) is 17.1 Å². The Morgan fingerprint density at radius 2 is 0.722 bits per heavy atom. The van der Waals surface area contributed by atoms with Crippen LogP contribution in [0.1, 0.15) is 187 Å². The Morgan fingerprint density at radius 1 is 0.361 bits per heavy atom. The molecule has 6 nitrogen and oxygen atoms in total. The molecule has 0 saturated heterocycles. The SMILES string of the molecule is CC(=Nc1ccccc1Sc1ccccc1)c1cc(C(C)(C)C)cc(C(C)(C)C)c1O.CC(C)(C)c1cc(C(=Nc2ccccc2Sc2ccccc2)c2ccccc2)c(O)c(C(C)(C)C)c1.CC(C)(C)c1cc(C=Nc2ccccc2[Se]c2ccccc2)c(O)c(C(C)(C)C)c1. The number of phenols is 3. The van der Waals surface area contributed by atoms with E-state index in [1.165, 1.54) is 30.5 Å². The van der Waals surface area contributed by atoms with Gasteiger partial charge in [-0.2, -0.15) is 0 Å². The molecule has 0 aromatic heterocycles. The van der Waals surface area contributed by atoms with Crippen molar-refractivity contribution in [2.45, 2.75) is 184 Å². The Bertz CT molecular complexity index is 4380. The van der Waals surface area contributed by atoms with Crippen molar-refractivity contribution in [2.24, 2.45) is 15.0 Å². The van der Waals surface area contributed by atoms with Crippen LogP contribution in [0.4, 0.5) is 17.1 Å². The van der Waals surface area contributed by atoms with E-state index in [0.717, 1.165) is 82.1 Å². The van der Waals surface area contributed by atoms with Crippen molar-refractivity contribution in [3.63, 3.8) is 0 Å². The number of aliphatic imine (C=N–C) groups is 3. The minimum atomic E-state index is -0.219. The molecule has 10 rings (SSSR count). The van der Waals surface area contributed by atoms with Gasteiger partial charge in [0.2, 0.25) is 0 Å². The average Bonchev–Trinajstić information content (AvgIpc) is 0.782. The van der Waals surface area contributed by atoms with E-state index in [0.29, 0.717) is 17.2 Å². The molecule has 97 heavy (non-hydrogen) atoms. The molecule has 0 unspecified atom stereocenters. The van der Waals surface area contributed by atoms with E-state index < -0.39 is 0 Å². The summed E-state index contributed by atoms with van der Waals surface area (Å²) in [5.41, 5.74) is 13.4. The Balaban J connectivity index is 0.000000187. The van der Waals surface area contributed by atoms with Crippen molar-refractivity contribution in [3.05, 3.63) is 286 Å². The van der Waals surface area contributed by atoms with Crippen LogP contribution in [-0.4, -0.2) is 47.9 Å². The van der Waals surface area contributed by atoms with Gasteiger partial charge >= 0.3 is 187 Å². The summed E-state index contributed by atoms with van der Waals surface area (Å²) in [6.45, 7) is 41.0. The summed E-state index contributed by atoms with van der Waals surface area (Å²) >= 11 is 3.58. The molecule has 0 saturated carbocycles. The molecule has 0 bridgehead atoms. The van der Waals surface area contributed by atoms with Gasteiger partial charge in [0.1, 0.15) is 11.5 Å². The molecule has 0 radical (unpaired) electrons. The van der Waals surface area contributed by atoms with Gasteiger partial charge in [0.25, 0.3) is 0 Å². The van der Waals surface area contributed by atoms with Crippen LogP contribution in [0.15, 0.2) is 265 Å². The fourth-order valence-corrected chi connectivity index (χ4v) is 14.4. The fourth-order valence-electron chi connectivity index (χ4n) is 10.6. The first-order valence-electron chi connectivity index (χ1n) is 33.4. The number of phenolic OH excluding ortho intramolecular Hbond substituents is 3. The third-order valence-electron chi connectivity index (χ3n) is 16.4. The molecule has 0 spiro atoms. The molecular weight excluding hydrogens is 1290 g/mol. The summed E-state index contributed by atoms with van der Waals surface area (Å²) in [5.74, 6) is 0.951. The monoisotopic (exact) mass is 1390 g/mol. The Hall–Kier alpha value is -8.17. The number of rotatable bonds is 13. The van der Waals surface area contributed by atoms with Gasteiger partial charge in [0.15, 0.2) is 0 Å². The average molecular weight is 1390 g/mol. The zero-order valence-corrected chi connectivity index (χ0v) is 63.8. The topological polar surface area (TPSA) is 97.8 Å². The van der Waals surface area contributed by atoms with Crippen LogP contribution in [0.5, 0.6) is 17.2 Å². The van der Waals surface area contributed by atoms with Crippen LogP contribution in [0.2, 0.25) is 0 Å². The van der Waals surface area contributed by atoms with Crippen LogP contribution < -0.4 is 8.92 Å². The molecule has 0 fully saturated rings. The third kappa shape index (κ3) is 20.5. The van der Waals surface area contributed by atoms with E-state index >= 15 is 0 Å². The molecule has 502 valence electrons. The maximum absolute atomic E-state index is 11.6. The molecule has 3 N–H and O–H groups in total. The standard InChI is InChI=1S/C33H35NOS.C28H33NOS.C27H31NOSe/c1-32(2,3)24-21-26(31(35)27(22-24)33(4,5)6)30(23-15-9-7-10-16-23)34-28-19-13-14-20-29(28)36-25-17-11-8-12-18-25;1-19(22-17-20(27(2,3)4)18-23(26(22)30)28(5,6)7)29-24-15-11-12-16-25(24)31-21-13-9-8-10-14-21;1-26(2,3)20-16-19(25(29)22(17-20)27(4,5)6)18-28-23-14-10-11-15-24(23)30-21-12-8-7-9-13-21/h7-22,35H,1-6H3;8-18,30H,1-7H3;7-18,29H,1-6H3. The quantitative estimate of drug-likeness (QED) is 0.0789. The second-order valence-electron chi connectivity index (χ2n) is 30.7. The molecule has 0 heterocycles. The Morgan fingerprint density at radius 3 is 1.18 bits per heavy atom. The molecule has 9 heteroatoms. The molecule has 0 aliphatic rings. The van der Waals surface area contributed by atoms with Crippen molar-refractivity contribution in [1.82, 2.24) is 0 Å². The van der Waals surface area contributed by atoms with E-state index in [9.17, 15) is 15.3 Å². The fraction of sp³-hybridized carbons (Fsp3) is 0.284. The zero-order valence-electron chi connectivity index (χ0n) is 60.4. The minimum absolute atomic E-state index is 0.00931. The van der Waals surface area contributed by atoms with Crippen molar-refractivity contribution in [1.29, 1.82) is 0 Å². The molecular formula is C88H99N3O3S2Se. The number of hydrogen-bond acceptors (Lipinski definition) is 8. The van der Waals surface area contributed by atoms with Crippen molar-refractivity contribution in [2.75, 3.05) is 0 Å². The van der Waals surface area contributed by atoms with E-state index in [4.69, 9.17) is 15.0 Å². The van der Waals surface area contributed by atoms with Crippen LogP contribution in [0, 0.1) is 0 Å². The molecule has 10 aromatic carbocycles. The van der Waals surface area contributed by atoms with E-state index in [1.54, 1.807) is 23.5 Å². The Kier molecular flexibility index (Phi) is 24.3. The van der Waals surface area contributed by atoms with Gasteiger partial charge in [-0.3, -0.25) is 4.99 Å². The summed E-state index contributed by atoms with van der Waals surface area (Å²) in [6, 6.07) is 78.7. The number of aromatic hydroxyl groups is 3. The van der Waals surface area contributed by atoms with Crippen LogP contribution in [0.25, 0.3) is 0 Å². The number of hydrogen-bond donors (Lipinski definition) is 3. The third-order valence-corrected chi connectivity index (χ3v) is 20.8. The van der Waals surface area contributed by atoms with Gasteiger partial charge in [-0.05, 0) is 100 Å². The maximum atomic E-state index is 11.6. The molecule has 0 amide bonds. The first-order valence-corrected chi connectivity index (χ1v) is 36.7. The van der Waals surface area contributed by atoms with Crippen LogP contribution in [-0.2, 0) is 32.5 Å². The second-order valence-corrected chi connectivity index (χ2v) is 35.3. The van der Waals surface area contributed by atoms with Crippen LogP contribution >= 0.6 is 23.5 Å². The summed E-state index contributed by atoms with van der Waals surface area (Å²) < 4.78 is 2.55. The van der Waals surface area contributed by atoms with Gasteiger partial charge in [-0.25, -0.2) is 4.99 Å². The van der Waals surface area contributed by atoms with Crippen molar-refractivity contribution < 1.29 is 15.3 Å². The summed E-state index contributed by atoms with van der Waals surface area (Å²) in [4.78, 5) is 19.5. The summed E-state index contributed by atoms with van der Waals surface area (Å²) in [7, 11) is 0. The van der Waals surface area contributed by atoms with Gasteiger partial charge < -0.3 is 10.2 Å².